The van der Waals surface area contributed by atoms with Crippen LogP contribution in [0.25, 0.3) is 0 Å². The fourth-order valence-corrected chi connectivity index (χ4v) is 7.38. The van der Waals surface area contributed by atoms with Gasteiger partial charge in [-0.3, -0.25) is 18.6 Å². The van der Waals surface area contributed by atoms with Crippen molar-refractivity contribution in [2.75, 3.05) is 19.8 Å². The van der Waals surface area contributed by atoms with E-state index in [1.165, 1.54) is 148 Å². The Hall–Kier alpha value is -1.52. The third kappa shape index (κ3) is 39.1. The molecule has 0 aromatic heterocycles. The molecular weight excluding hydrogens is 721 g/mol. The van der Waals surface area contributed by atoms with Crippen molar-refractivity contribution in [2.24, 2.45) is 0 Å². The predicted molar refractivity (Wildman–Crippen MR) is 222 cm³/mol. The Kier molecular flexibility index (Phi) is 38.2. The van der Waals surface area contributed by atoms with Crippen LogP contribution in [-0.2, 0) is 32.7 Å². The molecule has 0 spiro atoms. The first-order chi connectivity index (χ1) is 26.6. The average Bonchev–Trinajstić information content (AvgIpc) is 3.16. The van der Waals surface area contributed by atoms with Crippen LogP contribution in [0.4, 0.5) is 0 Å². The Balaban J connectivity index is 3.82. The number of phosphoric acid groups is 1. The topological polar surface area (TPSA) is 169 Å². The van der Waals surface area contributed by atoms with Gasteiger partial charge in [-0.2, -0.15) is 0 Å². The molecule has 3 unspecified atom stereocenters. The second kappa shape index (κ2) is 39.3. The number of aliphatic carboxylic acids is 1. The van der Waals surface area contributed by atoms with Crippen LogP contribution in [0, 0.1) is 0 Å². The average molecular weight is 806 g/mol. The van der Waals surface area contributed by atoms with Gasteiger partial charge in [-0.05, 0) is 12.8 Å². The fraction of sp³-hybridized carbons (Fsp3) is 0.930. The Morgan fingerprint density at radius 2 is 0.836 bits per heavy atom. The third-order valence-electron chi connectivity index (χ3n) is 10.1. The van der Waals surface area contributed by atoms with Gasteiger partial charge in [-0.1, -0.05) is 200 Å². The maximum atomic E-state index is 12.3. The fourth-order valence-electron chi connectivity index (χ4n) is 6.61. The maximum Gasteiger partial charge on any atom is 0.472 e. The number of rotatable bonds is 43. The highest BCUT2D eigenvalue weighted by molar-refractivity contribution is 7.47. The zero-order valence-electron chi connectivity index (χ0n) is 35.3. The van der Waals surface area contributed by atoms with Gasteiger partial charge in [0.05, 0.1) is 13.2 Å². The van der Waals surface area contributed by atoms with E-state index in [0.717, 1.165) is 38.5 Å². The van der Waals surface area contributed by atoms with E-state index in [-0.39, 0.29) is 12.8 Å². The molecule has 55 heavy (non-hydrogen) atoms. The molecule has 0 saturated carbocycles. The summed E-state index contributed by atoms with van der Waals surface area (Å²) in [5, 5.41) is 21.8. The summed E-state index contributed by atoms with van der Waals surface area (Å²) in [6, 6.07) is -1.54. The molecule has 11 nitrogen and oxygen atoms in total. The lowest BCUT2D eigenvalue weighted by atomic mass is 10.0. The number of carbonyl (C=O) groups is 3. The minimum absolute atomic E-state index is 0.153. The molecule has 0 aliphatic heterocycles. The van der Waals surface area contributed by atoms with Crippen LogP contribution in [0.5, 0.6) is 0 Å². The lowest BCUT2D eigenvalue weighted by molar-refractivity contribution is -0.147. The van der Waals surface area contributed by atoms with Crippen LogP contribution < -0.4 is 5.32 Å². The zero-order valence-corrected chi connectivity index (χ0v) is 36.2. The number of hydrogen-bond donors (Lipinski definition) is 4. The van der Waals surface area contributed by atoms with Crippen LogP contribution in [0.1, 0.15) is 226 Å². The highest BCUT2D eigenvalue weighted by Crippen LogP contribution is 2.43. The molecule has 0 saturated heterocycles. The van der Waals surface area contributed by atoms with Crippen molar-refractivity contribution in [1.29, 1.82) is 0 Å². The van der Waals surface area contributed by atoms with Crippen molar-refractivity contribution in [2.45, 2.75) is 238 Å². The molecular formula is C43H84NO10P. The van der Waals surface area contributed by atoms with Gasteiger partial charge in [0.1, 0.15) is 12.7 Å². The number of amides is 1. The van der Waals surface area contributed by atoms with E-state index in [4.69, 9.17) is 13.8 Å². The van der Waals surface area contributed by atoms with Gasteiger partial charge in [-0.15, -0.1) is 0 Å². The molecule has 0 fully saturated rings. The number of esters is 1. The van der Waals surface area contributed by atoms with Gasteiger partial charge in [0.2, 0.25) is 5.91 Å². The maximum absolute atomic E-state index is 12.3. The number of nitrogens with one attached hydrogen (secondary N) is 1. The molecule has 1 amide bonds. The SMILES string of the molecule is CCCCCCCCCCCCCCCCCCCCCCCC(=O)NC(COP(=O)(O)OCC(O)COC(=O)CCCCCCCCCCCC)C(=O)O. The minimum atomic E-state index is -4.74. The second-order valence-electron chi connectivity index (χ2n) is 15.6. The van der Waals surface area contributed by atoms with Crippen molar-refractivity contribution in [1.82, 2.24) is 5.32 Å². The number of phosphoric ester groups is 1. The van der Waals surface area contributed by atoms with Crippen LogP contribution in [0.15, 0.2) is 0 Å². The Morgan fingerprint density at radius 3 is 1.20 bits per heavy atom. The number of aliphatic hydroxyl groups is 1. The zero-order chi connectivity index (χ0) is 40.7. The van der Waals surface area contributed by atoms with Crippen molar-refractivity contribution < 1.29 is 47.8 Å². The van der Waals surface area contributed by atoms with Crippen LogP contribution in [0.3, 0.4) is 0 Å². The third-order valence-corrected chi connectivity index (χ3v) is 11.1. The van der Waals surface area contributed by atoms with Crippen LogP contribution in [0.2, 0.25) is 0 Å². The molecule has 0 aromatic carbocycles. The molecule has 0 heterocycles. The van der Waals surface area contributed by atoms with E-state index in [1.807, 2.05) is 0 Å². The number of carboxylic acid groups (broad SMARTS) is 1. The molecule has 4 N–H and O–H groups in total. The van der Waals surface area contributed by atoms with E-state index in [1.54, 1.807) is 0 Å². The Bertz CT molecular complexity index is 952. The van der Waals surface area contributed by atoms with Gasteiger partial charge >= 0.3 is 19.8 Å². The summed E-state index contributed by atoms with van der Waals surface area (Å²) in [6.07, 6.45) is 37.1. The molecule has 0 aliphatic carbocycles. The first-order valence-corrected chi connectivity index (χ1v) is 24.1. The molecule has 12 heteroatoms. The van der Waals surface area contributed by atoms with Gasteiger partial charge < -0.3 is 25.2 Å². The van der Waals surface area contributed by atoms with E-state index in [9.17, 15) is 34.1 Å². The normalized spacial score (nSPS) is 13.7. The van der Waals surface area contributed by atoms with E-state index in [0.29, 0.717) is 12.8 Å². The molecule has 0 rings (SSSR count). The lowest BCUT2D eigenvalue weighted by Gasteiger charge is -2.18. The number of ether oxygens (including phenoxy) is 1. The molecule has 0 aliphatic rings. The predicted octanol–water partition coefficient (Wildman–Crippen LogP) is 11.5. The van der Waals surface area contributed by atoms with Crippen molar-refractivity contribution in [3.8, 4) is 0 Å². The quantitative estimate of drug-likeness (QED) is 0.0264. The smallest absolute Gasteiger partial charge is 0.472 e. The number of hydrogen-bond acceptors (Lipinski definition) is 8. The summed E-state index contributed by atoms with van der Waals surface area (Å²) in [5.41, 5.74) is 0. The molecule has 0 radical (unpaired) electrons. The second-order valence-corrected chi connectivity index (χ2v) is 17.1. The standard InChI is InChI=1S/C43H84NO10P/c1-3-5-7-9-11-13-15-16-17-18-19-20-21-22-23-24-25-26-28-30-32-34-41(46)44-40(43(48)49)38-54-55(50,51)53-37-39(45)36-52-42(47)35-33-31-29-27-14-12-10-8-6-4-2/h39-40,45H,3-38H2,1-2H3,(H,44,46)(H,48,49)(H,50,51). The van der Waals surface area contributed by atoms with Crippen molar-refractivity contribution in [3.05, 3.63) is 0 Å². The highest BCUT2D eigenvalue weighted by atomic mass is 31.2. The summed E-state index contributed by atoms with van der Waals surface area (Å²) in [7, 11) is -4.74. The summed E-state index contributed by atoms with van der Waals surface area (Å²) >= 11 is 0. The van der Waals surface area contributed by atoms with E-state index >= 15 is 0 Å². The van der Waals surface area contributed by atoms with Crippen molar-refractivity contribution in [3.63, 3.8) is 0 Å². The van der Waals surface area contributed by atoms with Gasteiger partial charge in [0, 0.05) is 12.8 Å². The number of aliphatic hydroxyl groups excluding tert-OH is 1. The number of carbonyl (C=O) groups excluding carboxylic acids is 2. The minimum Gasteiger partial charge on any atom is -0.480 e. The van der Waals surface area contributed by atoms with Gasteiger partial charge in [0.15, 0.2) is 6.04 Å². The summed E-state index contributed by atoms with van der Waals surface area (Å²) in [5.74, 6) is -2.35. The summed E-state index contributed by atoms with van der Waals surface area (Å²) < 4.78 is 26.8. The summed E-state index contributed by atoms with van der Waals surface area (Å²) in [6.45, 7) is 2.60. The largest absolute Gasteiger partial charge is 0.480 e. The Labute approximate surface area is 335 Å². The van der Waals surface area contributed by atoms with Crippen molar-refractivity contribution >= 4 is 25.7 Å². The van der Waals surface area contributed by atoms with Crippen LogP contribution in [-0.4, -0.2) is 64.9 Å². The lowest BCUT2D eigenvalue weighted by Crippen LogP contribution is -2.43. The molecule has 3 atom stereocenters. The molecule has 0 aromatic rings. The molecule has 0 bridgehead atoms. The monoisotopic (exact) mass is 806 g/mol. The number of unbranched alkanes of at least 4 members (excludes halogenated alkanes) is 29. The Morgan fingerprint density at radius 1 is 0.509 bits per heavy atom. The number of carboxylic acids is 1. The summed E-state index contributed by atoms with van der Waals surface area (Å²) in [4.78, 5) is 45.8. The van der Waals surface area contributed by atoms with E-state index < -0.39 is 57.6 Å². The van der Waals surface area contributed by atoms with Gasteiger partial charge in [0.25, 0.3) is 0 Å². The van der Waals surface area contributed by atoms with Crippen LogP contribution >= 0.6 is 7.82 Å². The first-order valence-electron chi connectivity index (χ1n) is 22.6. The highest BCUT2D eigenvalue weighted by Gasteiger charge is 2.28. The first kappa shape index (κ1) is 53.5. The van der Waals surface area contributed by atoms with Gasteiger partial charge in [-0.25, -0.2) is 9.36 Å². The molecule has 326 valence electrons. The van der Waals surface area contributed by atoms with E-state index in [2.05, 4.69) is 19.2 Å².